The molecule has 1 fully saturated rings. The van der Waals surface area contributed by atoms with Crippen molar-refractivity contribution in [2.75, 3.05) is 19.3 Å². The van der Waals surface area contributed by atoms with Crippen LogP contribution in [0.5, 0.6) is 5.75 Å². The van der Waals surface area contributed by atoms with Crippen LogP contribution in [0.3, 0.4) is 0 Å². The smallest absolute Gasteiger partial charge is 0.250 e. The van der Waals surface area contributed by atoms with Gasteiger partial charge in [-0.1, -0.05) is 6.07 Å². The number of hydrogen-bond acceptors (Lipinski definition) is 6. The quantitative estimate of drug-likeness (QED) is 0.320. The summed E-state index contributed by atoms with van der Waals surface area (Å²) in [6.45, 7) is 2.87. The van der Waals surface area contributed by atoms with Crippen LogP contribution in [0.4, 0.5) is 0 Å². The zero-order chi connectivity index (χ0) is 24.1. The molecule has 2 aliphatic rings. The molecule has 35 heavy (non-hydrogen) atoms. The Bertz CT molecular complexity index is 1490. The number of thioether (sulfide) groups is 1. The van der Waals surface area contributed by atoms with Gasteiger partial charge in [-0.25, -0.2) is 0 Å². The number of carbonyl (C=O) groups excluding carboxylic acids is 1. The average Bonchev–Trinajstić information content (AvgIpc) is 3.30. The van der Waals surface area contributed by atoms with Gasteiger partial charge in [0.1, 0.15) is 17.6 Å². The normalized spacial score (nSPS) is 19.6. The predicted octanol–water partition coefficient (Wildman–Crippen LogP) is 4.87. The van der Waals surface area contributed by atoms with E-state index in [0.717, 1.165) is 36.6 Å². The van der Waals surface area contributed by atoms with Crippen LogP contribution in [-0.4, -0.2) is 39.7 Å². The SMILES string of the molecule is CSc1ccc(C(=O)c2coc3ccc(O)c(CN4CC5CC(C4)c4cccc(=O)n4C5)c23)cc1. The highest BCUT2D eigenvalue weighted by molar-refractivity contribution is 7.98. The van der Waals surface area contributed by atoms with Crippen molar-refractivity contribution in [1.82, 2.24) is 9.47 Å². The third-order valence-corrected chi connectivity index (χ3v) is 8.10. The fraction of sp³-hybridized carbons (Fsp3) is 0.286. The van der Waals surface area contributed by atoms with Gasteiger partial charge in [0.2, 0.25) is 0 Å². The molecule has 2 atom stereocenters. The Labute approximate surface area is 207 Å². The number of aromatic hydroxyl groups is 1. The van der Waals surface area contributed by atoms with Gasteiger partial charge >= 0.3 is 0 Å². The lowest BCUT2D eigenvalue weighted by Crippen LogP contribution is -2.46. The van der Waals surface area contributed by atoms with Gasteiger partial charge in [0.05, 0.1) is 5.56 Å². The van der Waals surface area contributed by atoms with Gasteiger partial charge in [0.25, 0.3) is 5.56 Å². The van der Waals surface area contributed by atoms with Crippen molar-refractivity contribution in [3.8, 4) is 5.75 Å². The standard InChI is InChI=1S/C28H26N2O4S/c1-35-20-7-5-18(6-8-20)28(33)22-16-34-25-10-9-24(31)21(27(22)25)15-29-12-17-11-19(14-29)23-3-2-4-26(32)30(23)13-17/h2-10,16-17,19,31H,11-15H2,1H3. The van der Waals surface area contributed by atoms with Gasteiger partial charge in [-0.05, 0) is 61.1 Å². The van der Waals surface area contributed by atoms with Crippen LogP contribution in [0.2, 0.25) is 0 Å². The van der Waals surface area contributed by atoms with E-state index in [2.05, 4.69) is 11.0 Å². The molecule has 2 unspecified atom stereocenters. The largest absolute Gasteiger partial charge is 0.508 e. The van der Waals surface area contributed by atoms with Crippen molar-refractivity contribution < 1.29 is 14.3 Å². The average molecular weight is 487 g/mol. The molecular formula is C28H26N2O4S. The highest BCUT2D eigenvalue weighted by Gasteiger charge is 2.35. The lowest BCUT2D eigenvalue weighted by atomic mass is 9.83. The van der Waals surface area contributed by atoms with Crippen molar-refractivity contribution in [1.29, 1.82) is 0 Å². The van der Waals surface area contributed by atoms with Crippen LogP contribution in [0.25, 0.3) is 11.0 Å². The van der Waals surface area contributed by atoms with E-state index in [1.807, 2.05) is 41.2 Å². The number of rotatable bonds is 5. The van der Waals surface area contributed by atoms with Gasteiger partial charge in [0.15, 0.2) is 5.78 Å². The Kier molecular flexibility index (Phi) is 5.54. The van der Waals surface area contributed by atoms with E-state index in [0.29, 0.717) is 40.1 Å². The number of likely N-dealkylation sites (tertiary alicyclic amines) is 1. The first-order chi connectivity index (χ1) is 17.0. The number of pyridine rings is 1. The second-order valence-corrected chi connectivity index (χ2v) is 10.4. The molecule has 0 spiro atoms. The Morgan fingerprint density at radius 2 is 1.91 bits per heavy atom. The molecule has 4 heterocycles. The molecule has 0 radical (unpaired) electrons. The Morgan fingerprint density at radius 3 is 2.71 bits per heavy atom. The summed E-state index contributed by atoms with van der Waals surface area (Å²) in [5.74, 6) is 0.700. The second kappa shape index (κ2) is 8.73. The van der Waals surface area contributed by atoms with Gasteiger partial charge in [0, 0.05) is 65.3 Å². The predicted molar refractivity (Wildman–Crippen MR) is 136 cm³/mol. The minimum Gasteiger partial charge on any atom is -0.508 e. The van der Waals surface area contributed by atoms with E-state index < -0.39 is 0 Å². The minimum absolute atomic E-state index is 0.0696. The van der Waals surface area contributed by atoms with E-state index in [1.54, 1.807) is 30.0 Å². The number of fused-ring (bicyclic) bond motifs is 5. The lowest BCUT2D eigenvalue weighted by molar-refractivity contribution is 0.103. The summed E-state index contributed by atoms with van der Waals surface area (Å²) in [5, 5.41) is 11.5. The molecule has 2 aliphatic heterocycles. The maximum absolute atomic E-state index is 13.4. The third-order valence-electron chi connectivity index (χ3n) is 7.36. The van der Waals surface area contributed by atoms with Gasteiger partial charge in [-0.15, -0.1) is 11.8 Å². The molecule has 0 saturated carbocycles. The maximum atomic E-state index is 13.4. The second-order valence-electron chi connectivity index (χ2n) is 9.54. The topological polar surface area (TPSA) is 75.7 Å². The molecule has 2 aromatic carbocycles. The molecule has 1 N–H and O–H groups in total. The summed E-state index contributed by atoms with van der Waals surface area (Å²) in [6, 6.07) is 16.4. The summed E-state index contributed by atoms with van der Waals surface area (Å²) in [5.41, 5.74) is 3.53. The zero-order valence-electron chi connectivity index (χ0n) is 19.4. The molecule has 2 bridgehead atoms. The first-order valence-corrected chi connectivity index (χ1v) is 13.1. The number of phenols is 1. The van der Waals surface area contributed by atoms with Crippen molar-refractivity contribution in [3.63, 3.8) is 0 Å². The van der Waals surface area contributed by atoms with Gasteiger partial charge in [-0.3, -0.25) is 14.5 Å². The molecule has 2 aromatic heterocycles. The van der Waals surface area contributed by atoms with Gasteiger partial charge in [-0.2, -0.15) is 0 Å². The van der Waals surface area contributed by atoms with E-state index in [9.17, 15) is 14.7 Å². The summed E-state index contributed by atoms with van der Waals surface area (Å²) < 4.78 is 7.68. The maximum Gasteiger partial charge on any atom is 0.250 e. The first-order valence-electron chi connectivity index (χ1n) is 11.8. The molecule has 7 heteroatoms. The van der Waals surface area contributed by atoms with Crippen molar-refractivity contribution >= 4 is 28.5 Å². The van der Waals surface area contributed by atoms with Crippen molar-refractivity contribution in [3.05, 3.63) is 93.6 Å². The van der Waals surface area contributed by atoms with Crippen LogP contribution in [0, 0.1) is 5.92 Å². The van der Waals surface area contributed by atoms with Crippen LogP contribution in [0.15, 0.2) is 75.0 Å². The molecule has 178 valence electrons. The summed E-state index contributed by atoms with van der Waals surface area (Å²) in [6.07, 6.45) is 4.57. The molecule has 4 aromatic rings. The third kappa shape index (κ3) is 3.89. The summed E-state index contributed by atoms with van der Waals surface area (Å²) in [4.78, 5) is 29.2. The summed E-state index contributed by atoms with van der Waals surface area (Å²) >= 11 is 1.63. The van der Waals surface area contributed by atoms with Crippen molar-refractivity contribution in [2.45, 2.75) is 30.3 Å². The van der Waals surface area contributed by atoms with Crippen LogP contribution < -0.4 is 5.56 Å². The molecule has 1 saturated heterocycles. The fourth-order valence-corrected chi connectivity index (χ4v) is 6.17. The van der Waals surface area contributed by atoms with Crippen molar-refractivity contribution in [2.24, 2.45) is 5.92 Å². The number of phenolic OH excluding ortho intramolecular Hbond substituents is 1. The fourth-order valence-electron chi connectivity index (χ4n) is 5.76. The number of ketones is 1. The molecule has 0 aliphatic carbocycles. The van der Waals surface area contributed by atoms with Gasteiger partial charge < -0.3 is 14.1 Å². The number of hydrogen-bond donors (Lipinski definition) is 1. The Hall–Kier alpha value is -3.29. The number of benzene rings is 2. The minimum atomic E-state index is -0.118. The molecular weight excluding hydrogens is 460 g/mol. The van der Waals surface area contributed by atoms with E-state index in [1.165, 1.54) is 6.26 Å². The number of carbonyl (C=O) groups is 1. The number of nitrogens with zero attached hydrogens (tertiary/aromatic N) is 2. The number of aromatic nitrogens is 1. The van der Waals surface area contributed by atoms with E-state index >= 15 is 0 Å². The number of piperidine rings is 1. The van der Waals surface area contributed by atoms with Crippen LogP contribution >= 0.6 is 11.8 Å². The molecule has 0 amide bonds. The molecule has 6 rings (SSSR count). The summed E-state index contributed by atoms with van der Waals surface area (Å²) in [7, 11) is 0. The number of furan rings is 1. The zero-order valence-corrected chi connectivity index (χ0v) is 20.3. The molecule has 6 nitrogen and oxygen atoms in total. The van der Waals surface area contributed by atoms with E-state index in [4.69, 9.17) is 4.42 Å². The van der Waals surface area contributed by atoms with Crippen LogP contribution in [0.1, 0.15) is 39.5 Å². The van der Waals surface area contributed by atoms with Crippen LogP contribution in [-0.2, 0) is 13.1 Å². The highest BCUT2D eigenvalue weighted by Crippen LogP contribution is 2.38. The lowest BCUT2D eigenvalue weighted by Gasteiger charge is -2.42. The first kappa shape index (κ1) is 22.2. The Morgan fingerprint density at radius 1 is 1.09 bits per heavy atom. The highest BCUT2D eigenvalue weighted by atomic mass is 32.2. The van der Waals surface area contributed by atoms with E-state index in [-0.39, 0.29) is 23.0 Å². The monoisotopic (exact) mass is 486 g/mol. The Balaban J connectivity index is 1.34.